The van der Waals surface area contributed by atoms with E-state index in [0.29, 0.717) is 5.75 Å². The van der Waals surface area contributed by atoms with Crippen LogP contribution in [0, 0.1) is 0 Å². The Bertz CT molecular complexity index is 309. The third-order valence-corrected chi connectivity index (χ3v) is 1.43. The summed E-state index contributed by atoms with van der Waals surface area (Å²) >= 11 is 0. The molecule has 1 aromatic carbocycles. The summed E-state index contributed by atoms with van der Waals surface area (Å²) in [5, 5.41) is 3.58. The number of nitrogens with zero attached hydrogens (tertiary/aromatic N) is 1. The van der Waals surface area contributed by atoms with Crippen molar-refractivity contribution in [3.05, 3.63) is 30.3 Å². The molecule has 1 N–H and O–H groups in total. The van der Waals surface area contributed by atoms with Gasteiger partial charge in [-0.1, -0.05) is 18.2 Å². The van der Waals surface area contributed by atoms with Gasteiger partial charge in [0, 0.05) is 6.21 Å². The standard InChI is InChI=1S/C10H12N2O2/c1-2-11-12-10(13)8-14-9-6-4-3-5-7-9/h2-7H,8H2,1H3,(H,12,13). The van der Waals surface area contributed by atoms with Crippen molar-refractivity contribution < 1.29 is 9.53 Å². The Balaban J connectivity index is 2.31. The quantitative estimate of drug-likeness (QED) is 0.575. The molecule has 0 aliphatic rings. The van der Waals surface area contributed by atoms with E-state index < -0.39 is 0 Å². The molecule has 74 valence electrons. The summed E-state index contributed by atoms with van der Waals surface area (Å²) in [7, 11) is 0. The van der Waals surface area contributed by atoms with Gasteiger partial charge in [-0.15, -0.1) is 0 Å². The number of carbonyl (C=O) groups excluding carboxylic acids is 1. The number of rotatable bonds is 4. The lowest BCUT2D eigenvalue weighted by Gasteiger charge is -2.03. The normalized spacial score (nSPS) is 10.1. The lowest BCUT2D eigenvalue weighted by molar-refractivity contribution is -0.123. The fourth-order valence-corrected chi connectivity index (χ4v) is 0.834. The van der Waals surface area contributed by atoms with Crippen molar-refractivity contribution in [2.24, 2.45) is 5.10 Å². The van der Waals surface area contributed by atoms with Crippen molar-refractivity contribution in [3.63, 3.8) is 0 Å². The van der Waals surface area contributed by atoms with E-state index in [9.17, 15) is 4.79 Å². The van der Waals surface area contributed by atoms with Crippen molar-refractivity contribution >= 4 is 12.1 Å². The summed E-state index contributed by atoms with van der Waals surface area (Å²) in [6.07, 6.45) is 1.50. The van der Waals surface area contributed by atoms with Gasteiger partial charge in [0.2, 0.25) is 0 Å². The summed E-state index contributed by atoms with van der Waals surface area (Å²) in [5.74, 6) is 0.398. The monoisotopic (exact) mass is 192 g/mol. The highest BCUT2D eigenvalue weighted by Gasteiger charge is 1.99. The van der Waals surface area contributed by atoms with Gasteiger partial charge in [0.1, 0.15) is 5.75 Å². The summed E-state index contributed by atoms with van der Waals surface area (Å²) in [6, 6.07) is 9.15. The molecule has 0 aliphatic carbocycles. The third-order valence-electron chi connectivity index (χ3n) is 1.43. The van der Waals surface area contributed by atoms with Crippen LogP contribution in [0.3, 0.4) is 0 Å². The molecule has 14 heavy (non-hydrogen) atoms. The van der Waals surface area contributed by atoms with Crippen LogP contribution < -0.4 is 10.2 Å². The molecule has 0 radical (unpaired) electrons. The summed E-state index contributed by atoms with van der Waals surface area (Å²) < 4.78 is 5.18. The first-order valence-electron chi connectivity index (χ1n) is 4.27. The van der Waals surface area contributed by atoms with Crippen molar-refractivity contribution in [1.82, 2.24) is 5.43 Å². The van der Waals surface area contributed by atoms with E-state index in [4.69, 9.17) is 4.74 Å². The molecule has 0 spiro atoms. The van der Waals surface area contributed by atoms with E-state index in [1.807, 2.05) is 18.2 Å². The lowest BCUT2D eigenvalue weighted by atomic mass is 10.3. The van der Waals surface area contributed by atoms with Crippen LogP contribution in [-0.2, 0) is 4.79 Å². The van der Waals surface area contributed by atoms with Gasteiger partial charge in [0.15, 0.2) is 6.61 Å². The van der Waals surface area contributed by atoms with Gasteiger partial charge in [0.25, 0.3) is 5.91 Å². The topological polar surface area (TPSA) is 50.7 Å². The number of benzene rings is 1. The van der Waals surface area contributed by atoms with Crippen LogP contribution >= 0.6 is 0 Å². The predicted molar refractivity (Wildman–Crippen MR) is 54.2 cm³/mol. The van der Waals surface area contributed by atoms with E-state index in [-0.39, 0.29) is 12.5 Å². The Morgan fingerprint density at radius 3 is 2.86 bits per heavy atom. The molecule has 1 rings (SSSR count). The zero-order chi connectivity index (χ0) is 10.2. The zero-order valence-electron chi connectivity index (χ0n) is 7.93. The summed E-state index contributed by atoms with van der Waals surface area (Å²) in [5.41, 5.74) is 2.31. The number of carbonyl (C=O) groups is 1. The van der Waals surface area contributed by atoms with Crippen LogP contribution in [0.4, 0.5) is 0 Å². The number of hydrazone groups is 1. The predicted octanol–water partition coefficient (Wildman–Crippen LogP) is 1.19. The van der Waals surface area contributed by atoms with E-state index in [1.54, 1.807) is 19.1 Å². The second-order valence-corrected chi connectivity index (χ2v) is 2.52. The molecule has 0 heterocycles. The molecule has 0 aromatic heterocycles. The Morgan fingerprint density at radius 1 is 1.50 bits per heavy atom. The van der Waals surface area contributed by atoms with Gasteiger partial charge in [0.05, 0.1) is 0 Å². The van der Waals surface area contributed by atoms with Gasteiger partial charge >= 0.3 is 0 Å². The largest absolute Gasteiger partial charge is 0.484 e. The molecule has 0 aliphatic heterocycles. The van der Waals surface area contributed by atoms with Crippen molar-refractivity contribution in [2.75, 3.05) is 6.61 Å². The lowest BCUT2D eigenvalue weighted by Crippen LogP contribution is -2.24. The van der Waals surface area contributed by atoms with Crippen LogP contribution in [0.25, 0.3) is 0 Å². The van der Waals surface area contributed by atoms with Crippen LogP contribution in [-0.4, -0.2) is 18.7 Å². The van der Waals surface area contributed by atoms with Crippen molar-refractivity contribution in [3.8, 4) is 5.75 Å². The maximum atomic E-state index is 11.0. The van der Waals surface area contributed by atoms with Crippen LogP contribution in [0.2, 0.25) is 0 Å². The van der Waals surface area contributed by atoms with Crippen LogP contribution in [0.15, 0.2) is 35.4 Å². The Kier molecular flexibility index (Phi) is 4.20. The maximum Gasteiger partial charge on any atom is 0.277 e. The molecule has 0 saturated heterocycles. The van der Waals surface area contributed by atoms with Gasteiger partial charge in [-0.2, -0.15) is 5.10 Å². The maximum absolute atomic E-state index is 11.0. The zero-order valence-corrected chi connectivity index (χ0v) is 7.93. The average Bonchev–Trinajstić information content (AvgIpc) is 2.25. The minimum Gasteiger partial charge on any atom is -0.484 e. The Morgan fingerprint density at radius 2 is 2.21 bits per heavy atom. The molecule has 1 amide bonds. The molecule has 4 heteroatoms. The first-order chi connectivity index (χ1) is 6.83. The van der Waals surface area contributed by atoms with Crippen molar-refractivity contribution in [1.29, 1.82) is 0 Å². The first-order valence-corrected chi connectivity index (χ1v) is 4.27. The fourth-order valence-electron chi connectivity index (χ4n) is 0.834. The first kappa shape index (κ1) is 10.2. The smallest absolute Gasteiger partial charge is 0.277 e. The number of para-hydroxylation sites is 1. The molecular weight excluding hydrogens is 180 g/mol. The second-order valence-electron chi connectivity index (χ2n) is 2.52. The molecular formula is C10H12N2O2. The summed E-state index contributed by atoms with van der Waals surface area (Å²) in [4.78, 5) is 11.0. The minimum absolute atomic E-state index is 0.0264. The van der Waals surface area contributed by atoms with E-state index >= 15 is 0 Å². The highest BCUT2D eigenvalue weighted by atomic mass is 16.5. The SMILES string of the molecule is CC=NNC(=O)COc1ccccc1. The number of ether oxygens (including phenoxy) is 1. The van der Waals surface area contributed by atoms with E-state index in [0.717, 1.165) is 0 Å². The van der Waals surface area contributed by atoms with Gasteiger partial charge in [-0.25, -0.2) is 5.43 Å². The van der Waals surface area contributed by atoms with Crippen LogP contribution in [0.5, 0.6) is 5.75 Å². The molecule has 1 aromatic rings. The molecule has 0 atom stereocenters. The van der Waals surface area contributed by atoms with E-state index in [2.05, 4.69) is 10.5 Å². The number of nitrogens with one attached hydrogen (secondary N) is 1. The molecule has 0 bridgehead atoms. The molecule has 0 saturated carbocycles. The number of hydrogen-bond acceptors (Lipinski definition) is 3. The molecule has 0 fully saturated rings. The Labute approximate surface area is 82.6 Å². The third kappa shape index (κ3) is 3.71. The van der Waals surface area contributed by atoms with Crippen LogP contribution in [0.1, 0.15) is 6.92 Å². The number of hydrogen-bond donors (Lipinski definition) is 1. The van der Waals surface area contributed by atoms with Gasteiger partial charge in [-0.3, -0.25) is 4.79 Å². The minimum atomic E-state index is -0.271. The molecule has 4 nitrogen and oxygen atoms in total. The van der Waals surface area contributed by atoms with Gasteiger partial charge < -0.3 is 4.74 Å². The summed E-state index contributed by atoms with van der Waals surface area (Å²) in [6.45, 7) is 1.69. The highest BCUT2D eigenvalue weighted by Crippen LogP contribution is 2.07. The Hall–Kier alpha value is -1.84. The number of amides is 1. The van der Waals surface area contributed by atoms with Gasteiger partial charge in [-0.05, 0) is 19.1 Å². The molecule has 0 unspecified atom stereocenters. The van der Waals surface area contributed by atoms with E-state index in [1.165, 1.54) is 6.21 Å². The second kappa shape index (κ2) is 5.75. The highest BCUT2D eigenvalue weighted by molar-refractivity contribution is 5.78. The average molecular weight is 192 g/mol. The fraction of sp³-hybridized carbons (Fsp3) is 0.200. The van der Waals surface area contributed by atoms with Crippen molar-refractivity contribution in [2.45, 2.75) is 6.92 Å².